The van der Waals surface area contributed by atoms with Gasteiger partial charge in [0, 0.05) is 24.0 Å². The molecular formula is C26H33ClN2O3. The minimum atomic E-state index is -0.555. The molecule has 1 atom stereocenters. The Kier molecular flexibility index (Phi) is 8.98. The Hall–Kier alpha value is -2.53. The molecule has 6 heteroatoms. The number of carbonyl (C=O) groups is 2. The normalized spacial score (nSPS) is 14.7. The van der Waals surface area contributed by atoms with Crippen LogP contribution >= 0.6 is 11.6 Å². The molecule has 0 heterocycles. The molecule has 1 aliphatic rings. The molecule has 1 fully saturated rings. The summed E-state index contributed by atoms with van der Waals surface area (Å²) in [6.07, 6.45) is 5.20. The van der Waals surface area contributed by atoms with Crippen molar-refractivity contribution in [2.24, 2.45) is 0 Å². The summed E-state index contributed by atoms with van der Waals surface area (Å²) in [5.74, 6) is 0.637. The molecule has 1 N–H and O–H groups in total. The molecule has 1 unspecified atom stereocenters. The third kappa shape index (κ3) is 7.27. The average molecular weight is 457 g/mol. The first-order valence-electron chi connectivity index (χ1n) is 11.5. The van der Waals surface area contributed by atoms with E-state index < -0.39 is 6.04 Å². The maximum absolute atomic E-state index is 13.1. The summed E-state index contributed by atoms with van der Waals surface area (Å²) >= 11 is 6.13. The summed E-state index contributed by atoms with van der Waals surface area (Å²) in [7, 11) is 0. The zero-order chi connectivity index (χ0) is 22.9. The number of halogens is 1. The van der Waals surface area contributed by atoms with Crippen molar-refractivity contribution in [3.8, 4) is 5.75 Å². The molecule has 2 aromatic rings. The van der Waals surface area contributed by atoms with Gasteiger partial charge in [-0.1, -0.05) is 54.3 Å². The number of hydrogen-bond acceptors (Lipinski definition) is 3. The van der Waals surface area contributed by atoms with E-state index in [9.17, 15) is 9.59 Å². The van der Waals surface area contributed by atoms with E-state index in [-0.39, 0.29) is 17.9 Å². The molecular weight excluding hydrogens is 424 g/mol. The second kappa shape index (κ2) is 11.9. The smallest absolute Gasteiger partial charge is 0.242 e. The Morgan fingerprint density at radius 3 is 2.56 bits per heavy atom. The third-order valence-corrected chi connectivity index (χ3v) is 6.17. The van der Waals surface area contributed by atoms with Crippen molar-refractivity contribution in [3.63, 3.8) is 0 Å². The number of hydrogen-bond donors (Lipinski definition) is 1. The maximum Gasteiger partial charge on any atom is 0.242 e. The molecule has 3 rings (SSSR count). The van der Waals surface area contributed by atoms with Gasteiger partial charge in [0.2, 0.25) is 11.8 Å². The molecule has 0 bridgehead atoms. The molecule has 172 valence electrons. The number of ether oxygens (including phenoxy) is 1. The first-order valence-corrected chi connectivity index (χ1v) is 11.8. The number of benzene rings is 2. The summed E-state index contributed by atoms with van der Waals surface area (Å²) in [4.78, 5) is 27.7. The monoisotopic (exact) mass is 456 g/mol. The largest absolute Gasteiger partial charge is 0.494 e. The summed E-state index contributed by atoms with van der Waals surface area (Å²) in [5, 5.41) is 3.74. The SMILES string of the molecule is Cc1ccc(OCCCC(=O)N(Cc2cccc(Cl)c2)C(C)C(=O)NC2CCCC2)cc1. The molecule has 0 aromatic heterocycles. The zero-order valence-electron chi connectivity index (χ0n) is 19.0. The van der Waals surface area contributed by atoms with Crippen LogP contribution in [0.5, 0.6) is 5.75 Å². The van der Waals surface area contributed by atoms with Crippen molar-refractivity contribution in [3.05, 3.63) is 64.7 Å². The van der Waals surface area contributed by atoms with Crippen LogP contribution in [-0.4, -0.2) is 35.4 Å². The molecule has 0 radical (unpaired) electrons. The van der Waals surface area contributed by atoms with E-state index in [0.29, 0.717) is 31.0 Å². The van der Waals surface area contributed by atoms with Crippen molar-refractivity contribution in [1.29, 1.82) is 0 Å². The van der Waals surface area contributed by atoms with E-state index in [2.05, 4.69) is 5.32 Å². The van der Waals surface area contributed by atoms with E-state index in [1.165, 1.54) is 5.56 Å². The lowest BCUT2D eigenvalue weighted by molar-refractivity contribution is -0.141. The summed E-state index contributed by atoms with van der Waals surface area (Å²) in [6.45, 7) is 4.62. The standard InChI is InChI=1S/C26H33ClN2O3/c1-19-12-14-24(15-13-19)32-16-6-11-25(30)29(18-21-7-5-8-22(27)17-21)20(2)26(31)28-23-9-3-4-10-23/h5,7-8,12-15,17,20,23H,3-4,6,9-11,16,18H2,1-2H3,(H,28,31). The molecule has 2 amide bonds. The third-order valence-electron chi connectivity index (χ3n) is 5.94. The Morgan fingerprint density at radius 2 is 1.88 bits per heavy atom. The lowest BCUT2D eigenvalue weighted by Crippen LogP contribution is -2.49. The first kappa shape index (κ1) is 24.1. The second-order valence-electron chi connectivity index (χ2n) is 8.58. The van der Waals surface area contributed by atoms with Gasteiger partial charge in [0.1, 0.15) is 11.8 Å². The number of nitrogens with zero attached hydrogens (tertiary/aromatic N) is 1. The van der Waals surface area contributed by atoms with E-state index in [0.717, 1.165) is 37.0 Å². The van der Waals surface area contributed by atoms with Gasteiger partial charge >= 0.3 is 0 Å². The van der Waals surface area contributed by atoms with Gasteiger partial charge in [-0.25, -0.2) is 0 Å². The van der Waals surface area contributed by atoms with E-state index in [1.54, 1.807) is 17.9 Å². The van der Waals surface area contributed by atoms with Crippen LogP contribution in [0.25, 0.3) is 0 Å². The molecule has 2 aromatic carbocycles. The molecule has 32 heavy (non-hydrogen) atoms. The Balaban J connectivity index is 1.59. The minimum absolute atomic E-state index is 0.0634. The van der Waals surface area contributed by atoms with Gasteiger partial charge in [-0.15, -0.1) is 0 Å². The highest BCUT2D eigenvalue weighted by Crippen LogP contribution is 2.20. The first-order chi connectivity index (χ1) is 15.4. The number of carbonyl (C=O) groups excluding carboxylic acids is 2. The van der Waals surface area contributed by atoms with Gasteiger partial charge in [0.15, 0.2) is 0 Å². The summed E-state index contributed by atoms with van der Waals surface area (Å²) in [5.41, 5.74) is 2.08. The van der Waals surface area contributed by atoms with Crippen LogP contribution in [0.15, 0.2) is 48.5 Å². The van der Waals surface area contributed by atoms with Crippen LogP contribution in [0.4, 0.5) is 0 Å². The molecule has 0 aliphatic heterocycles. The average Bonchev–Trinajstić information content (AvgIpc) is 3.28. The van der Waals surface area contributed by atoms with Crippen LogP contribution in [0.1, 0.15) is 56.6 Å². The van der Waals surface area contributed by atoms with Crippen molar-refractivity contribution in [2.75, 3.05) is 6.61 Å². The van der Waals surface area contributed by atoms with Crippen LogP contribution in [0.2, 0.25) is 5.02 Å². The van der Waals surface area contributed by atoms with Gasteiger partial charge in [-0.05, 0) is 62.9 Å². The predicted octanol–water partition coefficient (Wildman–Crippen LogP) is 5.28. The zero-order valence-corrected chi connectivity index (χ0v) is 19.7. The molecule has 1 aliphatic carbocycles. The highest BCUT2D eigenvalue weighted by Gasteiger charge is 2.28. The van der Waals surface area contributed by atoms with Crippen molar-refractivity contribution in [1.82, 2.24) is 10.2 Å². The topological polar surface area (TPSA) is 58.6 Å². The van der Waals surface area contributed by atoms with Gasteiger partial charge in [-0.3, -0.25) is 9.59 Å². The highest BCUT2D eigenvalue weighted by atomic mass is 35.5. The van der Waals surface area contributed by atoms with Crippen molar-refractivity contribution < 1.29 is 14.3 Å². The Morgan fingerprint density at radius 1 is 1.16 bits per heavy atom. The van der Waals surface area contributed by atoms with Gasteiger partial charge in [-0.2, -0.15) is 0 Å². The number of amides is 2. The Labute approximate surface area is 196 Å². The molecule has 0 spiro atoms. The fraction of sp³-hybridized carbons (Fsp3) is 0.462. The molecule has 0 saturated heterocycles. The number of nitrogens with one attached hydrogen (secondary N) is 1. The lowest BCUT2D eigenvalue weighted by Gasteiger charge is -2.30. The minimum Gasteiger partial charge on any atom is -0.494 e. The predicted molar refractivity (Wildman–Crippen MR) is 128 cm³/mol. The quantitative estimate of drug-likeness (QED) is 0.494. The molecule has 1 saturated carbocycles. The second-order valence-corrected chi connectivity index (χ2v) is 9.02. The van der Waals surface area contributed by atoms with Crippen LogP contribution < -0.4 is 10.1 Å². The molecule has 5 nitrogen and oxygen atoms in total. The van der Waals surface area contributed by atoms with E-state index in [4.69, 9.17) is 16.3 Å². The fourth-order valence-corrected chi connectivity index (χ4v) is 4.21. The van der Waals surface area contributed by atoms with Gasteiger partial charge in [0.25, 0.3) is 0 Å². The van der Waals surface area contributed by atoms with Crippen molar-refractivity contribution >= 4 is 23.4 Å². The number of rotatable bonds is 10. The van der Waals surface area contributed by atoms with E-state index in [1.807, 2.05) is 49.4 Å². The van der Waals surface area contributed by atoms with Crippen LogP contribution in [0, 0.1) is 6.92 Å². The van der Waals surface area contributed by atoms with Crippen molar-refractivity contribution in [2.45, 2.75) is 71.0 Å². The summed E-state index contributed by atoms with van der Waals surface area (Å²) < 4.78 is 5.75. The fourth-order valence-electron chi connectivity index (χ4n) is 4.00. The maximum atomic E-state index is 13.1. The lowest BCUT2D eigenvalue weighted by atomic mass is 10.1. The van der Waals surface area contributed by atoms with Gasteiger partial charge < -0.3 is 15.0 Å². The van der Waals surface area contributed by atoms with E-state index >= 15 is 0 Å². The van der Waals surface area contributed by atoms with Gasteiger partial charge in [0.05, 0.1) is 6.61 Å². The highest BCUT2D eigenvalue weighted by molar-refractivity contribution is 6.30. The van der Waals surface area contributed by atoms with Crippen LogP contribution in [-0.2, 0) is 16.1 Å². The summed E-state index contributed by atoms with van der Waals surface area (Å²) in [6, 6.07) is 14.9. The van der Waals surface area contributed by atoms with Crippen LogP contribution in [0.3, 0.4) is 0 Å². The Bertz CT molecular complexity index is 894. The number of aryl methyl sites for hydroxylation is 1.